The summed E-state index contributed by atoms with van der Waals surface area (Å²) >= 11 is 0. The molecule has 9 heteroatoms. The van der Waals surface area contributed by atoms with Gasteiger partial charge in [-0.2, -0.15) is 4.31 Å². The van der Waals surface area contributed by atoms with Crippen LogP contribution in [0.15, 0.2) is 47.4 Å². The van der Waals surface area contributed by atoms with Gasteiger partial charge in [-0.3, -0.25) is 4.79 Å². The second-order valence-electron chi connectivity index (χ2n) is 7.53. The Balaban J connectivity index is 1.56. The van der Waals surface area contributed by atoms with Gasteiger partial charge in [0.1, 0.15) is 18.2 Å². The van der Waals surface area contributed by atoms with E-state index in [0.717, 1.165) is 5.52 Å². The van der Waals surface area contributed by atoms with Crippen LogP contribution in [0.2, 0.25) is 0 Å². The normalized spacial score (nSPS) is 15.2. The molecule has 1 saturated heterocycles. The Hall–Kier alpha value is -2.75. The molecule has 1 aliphatic heterocycles. The molecule has 8 nitrogen and oxygen atoms in total. The number of benzene rings is 2. The first-order valence-electron chi connectivity index (χ1n) is 10.8. The van der Waals surface area contributed by atoms with Crippen LogP contribution >= 0.6 is 0 Å². The molecule has 0 atom stereocenters. The summed E-state index contributed by atoms with van der Waals surface area (Å²) in [6, 6.07) is 12.1. The van der Waals surface area contributed by atoms with Crippen LogP contribution in [0.3, 0.4) is 0 Å². The number of ketones is 1. The fourth-order valence-corrected chi connectivity index (χ4v) is 5.24. The topological polar surface area (TPSA) is 90.7 Å². The van der Waals surface area contributed by atoms with E-state index >= 15 is 0 Å². The van der Waals surface area contributed by atoms with Gasteiger partial charge in [0.15, 0.2) is 5.78 Å². The third kappa shape index (κ3) is 4.41. The van der Waals surface area contributed by atoms with Gasteiger partial charge >= 0.3 is 0 Å². The second kappa shape index (κ2) is 9.40. The van der Waals surface area contributed by atoms with Gasteiger partial charge in [0, 0.05) is 31.6 Å². The Morgan fingerprint density at radius 2 is 1.81 bits per heavy atom. The van der Waals surface area contributed by atoms with Crippen LogP contribution < -0.4 is 4.74 Å². The summed E-state index contributed by atoms with van der Waals surface area (Å²) in [6.07, 6.45) is 0.462. The maximum Gasteiger partial charge on any atom is 0.243 e. The van der Waals surface area contributed by atoms with Crippen molar-refractivity contribution in [2.24, 2.45) is 0 Å². The van der Waals surface area contributed by atoms with E-state index in [2.05, 4.69) is 4.98 Å². The predicted octanol–water partition coefficient (Wildman–Crippen LogP) is 3.25. The van der Waals surface area contributed by atoms with Crippen molar-refractivity contribution in [2.75, 3.05) is 26.3 Å². The van der Waals surface area contributed by atoms with Crippen LogP contribution in [0.4, 0.5) is 0 Å². The highest BCUT2D eigenvalue weighted by molar-refractivity contribution is 7.89. The van der Waals surface area contributed by atoms with Gasteiger partial charge in [-0.15, -0.1) is 0 Å². The van der Waals surface area contributed by atoms with E-state index in [1.54, 1.807) is 42.5 Å². The van der Waals surface area contributed by atoms with Crippen LogP contribution in [-0.4, -0.2) is 54.4 Å². The molecule has 170 valence electrons. The number of morpholine rings is 1. The van der Waals surface area contributed by atoms with E-state index in [1.807, 2.05) is 18.4 Å². The summed E-state index contributed by atoms with van der Waals surface area (Å²) in [4.78, 5) is 16.7. The molecule has 0 bridgehead atoms. The standard InChI is InChI=1S/C23H27N3O5S/c1-3-22(27)17-5-7-18(8-6-17)31-16-23-24-20-15-19(9-10-21(20)26(23)4-2)32(28,29)25-11-13-30-14-12-25/h5-10,15H,3-4,11-14,16H2,1-2H3. The molecule has 32 heavy (non-hydrogen) atoms. The summed E-state index contributed by atoms with van der Waals surface area (Å²) in [6.45, 7) is 6.26. The molecule has 0 N–H and O–H groups in total. The lowest BCUT2D eigenvalue weighted by Crippen LogP contribution is -2.40. The Kier molecular flexibility index (Phi) is 6.59. The molecule has 1 aromatic heterocycles. The molecule has 2 aromatic carbocycles. The number of nitrogens with zero attached hydrogens (tertiary/aromatic N) is 3. The molecule has 2 heterocycles. The van der Waals surface area contributed by atoms with Gasteiger partial charge < -0.3 is 14.0 Å². The zero-order valence-electron chi connectivity index (χ0n) is 18.3. The third-order valence-electron chi connectivity index (χ3n) is 5.59. The number of carbonyl (C=O) groups excluding carboxylic acids is 1. The minimum absolute atomic E-state index is 0.0900. The number of hydrogen-bond donors (Lipinski definition) is 0. The highest BCUT2D eigenvalue weighted by atomic mass is 32.2. The number of rotatable bonds is 8. The number of ether oxygens (including phenoxy) is 2. The number of hydrogen-bond acceptors (Lipinski definition) is 6. The summed E-state index contributed by atoms with van der Waals surface area (Å²) in [5.41, 5.74) is 2.13. The molecule has 0 unspecified atom stereocenters. The molecule has 0 radical (unpaired) electrons. The Morgan fingerprint density at radius 1 is 1.09 bits per heavy atom. The largest absolute Gasteiger partial charge is 0.486 e. The number of imidazole rings is 1. The van der Waals surface area contributed by atoms with Crippen molar-refractivity contribution in [3.8, 4) is 5.75 Å². The highest BCUT2D eigenvalue weighted by Gasteiger charge is 2.27. The van der Waals surface area contributed by atoms with Crippen molar-refractivity contribution in [2.45, 2.75) is 38.3 Å². The van der Waals surface area contributed by atoms with E-state index in [-0.39, 0.29) is 17.3 Å². The van der Waals surface area contributed by atoms with Crippen LogP contribution in [0.25, 0.3) is 11.0 Å². The summed E-state index contributed by atoms with van der Waals surface area (Å²) in [5, 5.41) is 0. The molecule has 0 saturated carbocycles. The van der Waals surface area contributed by atoms with Crippen molar-refractivity contribution < 1.29 is 22.7 Å². The maximum absolute atomic E-state index is 13.0. The van der Waals surface area contributed by atoms with Crippen molar-refractivity contribution >= 4 is 26.8 Å². The monoisotopic (exact) mass is 457 g/mol. The molecule has 4 rings (SSSR count). The van der Waals surface area contributed by atoms with Gasteiger partial charge in [-0.1, -0.05) is 6.92 Å². The molecular formula is C23H27N3O5S. The van der Waals surface area contributed by atoms with Crippen LogP contribution in [0.5, 0.6) is 5.75 Å². The fraction of sp³-hybridized carbons (Fsp3) is 0.391. The molecule has 0 amide bonds. The lowest BCUT2D eigenvalue weighted by molar-refractivity contribution is 0.0730. The van der Waals surface area contributed by atoms with Gasteiger partial charge in [0.05, 0.1) is 29.1 Å². The minimum Gasteiger partial charge on any atom is -0.486 e. The van der Waals surface area contributed by atoms with Crippen LogP contribution in [-0.2, 0) is 27.9 Å². The second-order valence-corrected chi connectivity index (χ2v) is 9.47. The molecule has 1 aliphatic rings. The summed E-state index contributed by atoms with van der Waals surface area (Å²) in [7, 11) is -3.59. The number of Topliss-reactive ketones (excluding diaryl/α,β-unsaturated/α-hetero) is 1. The quantitative estimate of drug-likeness (QED) is 0.482. The average molecular weight is 458 g/mol. The van der Waals surface area contributed by atoms with Crippen LogP contribution in [0, 0.1) is 0 Å². The summed E-state index contributed by atoms with van der Waals surface area (Å²) in [5.74, 6) is 1.44. The molecule has 1 fully saturated rings. The fourth-order valence-electron chi connectivity index (χ4n) is 3.81. The van der Waals surface area contributed by atoms with Crippen molar-refractivity contribution in [3.63, 3.8) is 0 Å². The van der Waals surface area contributed by atoms with Crippen molar-refractivity contribution in [1.29, 1.82) is 0 Å². The number of aromatic nitrogens is 2. The van der Waals surface area contributed by atoms with E-state index < -0.39 is 10.0 Å². The number of fused-ring (bicyclic) bond motifs is 1. The first-order chi connectivity index (χ1) is 15.4. The van der Waals surface area contributed by atoms with Crippen molar-refractivity contribution in [3.05, 3.63) is 53.9 Å². The lowest BCUT2D eigenvalue weighted by Gasteiger charge is -2.26. The third-order valence-corrected chi connectivity index (χ3v) is 7.48. The zero-order valence-corrected chi connectivity index (χ0v) is 19.1. The first-order valence-corrected chi connectivity index (χ1v) is 12.2. The molecule has 0 spiro atoms. The zero-order chi connectivity index (χ0) is 22.7. The SMILES string of the molecule is CCC(=O)c1ccc(OCc2nc3cc(S(=O)(=O)N4CCOCC4)ccc3n2CC)cc1. The van der Waals surface area contributed by atoms with E-state index in [0.29, 0.717) is 61.9 Å². The Morgan fingerprint density at radius 3 is 2.47 bits per heavy atom. The van der Waals surface area contributed by atoms with Crippen molar-refractivity contribution in [1.82, 2.24) is 13.9 Å². The van der Waals surface area contributed by atoms with Gasteiger partial charge in [0.25, 0.3) is 0 Å². The number of sulfonamides is 1. The first kappa shape index (κ1) is 22.4. The minimum atomic E-state index is -3.59. The van der Waals surface area contributed by atoms with E-state index in [1.165, 1.54) is 4.31 Å². The Labute approximate surface area is 187 Å². The molecule has 3 aromatic rings. The molecule has 0 aliphatic carbocycles. The highest BCUT2D eigenvalue weighted by Crippen LogP contribution is 2.24. The van der Waals surface area contributed by atoms with Gasteiger partial charge in [-0.25, -0.2) is 13.4 Å². The summed E-state index contributed by atoms with van der Waals surface area (Å²) < 4.78 is 40.6. The van der Waals surface area contributed by atoms with Gasteiger partial charge in [-0.05, 0) is 49.4 Å². The number of aryl methyl sites for hydroxylation is 1. The Bertz CT molecular complexity index is 1210. The number of carbonyl (C=O) groups is 1. The van der Waals surface area contributed by atoms with E-state index in [4.69, 9.17) is 9.47 Å². The smallest absolute Gasteiger partial charge is 0.243 e. The van der Waals surface area contributed by atoms with Gasteiger partial charge in [0.2, 0.25) is 10.0 Å². The predicted molar refractivity (Wildman–Crippen MR) is 120 cm³/mol. The van der Waals surface area contributed by atoms with Crippen LogP contribution in [0.1, 0.15) is 36.5 Å². The van der Waals surface area contributed by atoms with E-state index in [9.17, 15) is 13.2 Å². The maximum atomic E-state index is 13.0. The average Bonchev–Trinajstić information content (AvgIpc) is 3.19. The lowest BCUT2D eigenvalue weighted by atomic mass is 10.1. The molecular weight excluding hydrogens is 430 g/mol.